The first-order valence-electron chi connectivity index (χ1n) is 9.08. The summed E-state index contributed by atoms with van der Waals surface area (Å²) < 4.78 is 0. The van der Waals surface area contributed by atoms with Gasteiger partial charge < -0.3 is 5.73 Å². The normalized spacial score (nSPS) is 17.5. The van der Waals surface area contributed by atoms with Crippen LogP contribution in [0.2, 0.25) is 0 Å². The second-order valence-electron chi connectivity index (χ2n) is 6.87. The average Bonchev–Trinajstić information content (AvgIpc) is 3.17. The molecule has 1 saturated heterocycles. The van der Waals surface area contributed by atoms with Crippen molar-refractivity contribution >= 4 is 23.0 Å². The third-order valence-electron chi connectivity index (χ3n) is 4.86. The van der Waals surface area contributed by atoms with E-state index in [9.17, 15) is 10.1 Å². The number of nitrogen functional groups attached to an aromatic ring is 1. The molecule has 28 heavy (non-hydrogen) atoms. The van der Waals surface area contributed by atoms with E-state index in [0.717, 1.165) is 54.4 Å². The molecule has 2 aromatic heterocycles. The lowest BCUT2D eigenvalue weighted by atomic mass is 9.94. The van der Waals surface area contributed by atoms with Crippen molar-refractivity contribution in [1.29, 1.82) is 0 Å². The lowest BCUT2D eigenvalue weighted by Gasteiger charge is -2.31. The van der Waals surface area contributed by atoms with Crippen molar-refractivity contribution in [3.05, 3.63) is 63.4 Å². The van der Waals surface area contributed by atoms with Crippen LogP contribution >= 0.6 is 11.3 Å². The highest BCUT2D eigenvalue weighted by atomic mass is 32.1. The standard InChI is InChI=1S/C19H20N6O2S/c20-19-21-7-6-17(23-19)14-4-2-8-24(10-14)11-15-12-28-18(22-15)13-3-1-5-16(9-13)25(26)27/h1,3,5-7,9,12,14H,2,4,8,10-11H2,(H2,20,21,23). The molecule has 1 unspecified atom stereocenters. The molecular formula is C19H20N6O2S. The Balaban J connectivity index is 1.45. The number of thiazole rings is 1. The highest BCUT2D eigenvalue weighted by Crippen LogP contribution is 2.29. The molecule has 2 N–H and O–H groups in total. The smallest absolute Gasteiger partial charge is 0.270 e. The SMILES string of the molecule is Nc1nccc(C2CCCN(Cc3csc(-c4cccc([N+](=O)[O-])c4)n3)C2)n1. The Kier molecular flexibility index (Phi) is 5.27. The van der Waals surface area contributed by atoms with Crippen LogP contribution in [0, 0.1) is 10.1 Å². The summed E-state index contributed by atoms with van der Waals surface area (Å²) in [6, 6.07) is 8.54. The Hall–Kier alpha value is -2.91. The van der Waals surface area contributed by atoms with Crippen LogP contribution in [0.5, 0.6) is 0 Å². The molecule has 3 heterocycles. The topological polar surface area (TPSA) is 111 Å². The zero-order chi connectivity index (χ0) is 19.5. The number of likely N-dealkylation sites (tertiary alicyclic amines) is 1. The van der Waals surface area contributed by atoms with Crippen LogP contribution in [0.15, 0.2) is 41.9 Å². The number of hydrogen-bond donors (Lipinski definition) is 1. The number of nitro groups is 1. The van der Waals surface area contributed by atoms with E-state index in [2.05, 4.69) is 14.9 Å². The molecule has 4 rings (SSSR count). The summed E-state index contributed by atoms with van der Waals surface area (Å²) in [5.41, 5.74) is 8.56. The number of anilines is 1. The summed E-state index contributed by atoms with van der Waals surface area (Å²) in [6.45, 7) is 2.67. The van der Waals surface area contributed by atoms with Crippen molar-refractivity contribution < 1.29 is 4.92 Å². The van der Waals surface area contributed by atoms with Gasteiger partial charge in [0.2, 0.25) is 5.95 Å². The van der Waals surface area contributed by atoms with Gasteiger partial charge in [0.15, 0.2) is 0 Å². The second kappa shape index (κ2) is 7.99. The number of benzene rings is 1. The van der Waals surface area contributed by atoms with Crippen molar-refractivity contribution in [3.8, 4) is 10.6 Å². The molecule has 0 amide bonds. The van der Waals surface area contributed by atoms with Gasteiger partial charge in [0.05, 0.1) is 16.3 Å². The average molecular weight is 396 g/mol. The Morgan fingerprint density at radius 3 is 3.04 bits per heavy atom. The maximum Gasteiger partial charge on any atom is 0.270 e. The van der Waals surface area contributed by atoms with E-state index in [1.807, 2.05) is 17.5 Å². The van der Waals surface area contributed by atoms with E-state index < -0.39 is 0 Å². The molecule has 1 aliphatic heterocycles. The summed E-state index contributed by atoms with van der Waals surface area (Å²) in [7, 11) is 0. The number of nitrogens with two attached hydrogens (primary N) is 1. The van der Waals surface area contributed by atoms with Crippen molar-refractivity contribution in [1.82, 2.24) is 19.9 Å². The number of nitrogens with zero attached hydrogens (tertiary/aromatic N) is 5. The summed E-state index contributed by atoms with van der Waals surface area (Å²) in [6.07, 6.45) is 3.89. The van der Waals surface area contributed by atoms with Crippen LogP contribution in [0.4, 0.5) is 11.6 Å². The fraction of sp³-hybridized carbons (Fsp3) is 0.316. The maximum absolute atomic E-state index is 11.0. The third kappa shape index (κ3) is 4.15. The predicted octanol–water partition coefficient (Wildman–Crippen LogP) is 3.47. The van der Waals surface area contributed by atoms with Crippen molar-refractivity contribution in [2.45, 2.75) is 25.3 Å². The Morgan fingerprint density at radius 2 is 2.21 bits per heavy atom. The Morgan fingerprint density at radius 1 is 1.32 bits per heavy atom. The molecule has 0 aliphatic carbocycles. The van der Waals surface area contributed by atoms with Crippen LogP contribution in [0.25, 0.3) is 10.6 Å². The molecule has 0 radical (unpaired) electrons. The van der Waals surface area contributed by atoms with Gasteiger partial charge in [0.1, 0.15) is 5.01 Å². The number of piperidine rings is 1. The molecule has 0 spiro atoms. The number of nitro benzene ring substituents is 1. The minimum Gasteiger partial charge on any atom is -0.368 e. The molecule has 1 fully saturated rings. The van der Waals surface area contributed by atoms with Crippen LogP contribution in [0.3, 0.4) is 0 Å². The van der Waals surface area contributed by atoms with Gasteiger partial charge in [-0.1, -0.05) is 12.1 Å². The van der Waals surface area contributed by atoms with E-state index in [0.29, 0.717) is 11.9 Å². The monoisotopic (exact) mass is 396 g/mol. The van der Waals surface area contributed by atoms with Crippen molar-refractivity contribution in [2.75, 3.05) is 18.8 Å². The molecule has 1 atom stereocenters. The summed E-state index contributed by atoms with van der Waals surface area (Å²) in [5.74, 6) is 0.657. The van der Waals surface area contributed by atoms with Crippen molar-refractivity contribution in [3.63, 3.8) is 0 Å². The number of rotatable bonds is 5. The first-order valence-corrected chi connectivity index (χ1v) is 9.96. The van der Waals surface area contributed by atoms with Gasteiger partial charge in [-0.3, -0.25) is 15.0 Å². The number of aromatic nitrogens is 3. The van der Waals surface area contributed by atoms with E-state index in [1.54, 1.807) is 18.3 Å². The first-order chi connectivity index (χ1) is 13.6. The zero-order valence-corrected chi connectivity index (χ0v) is 16.0. The molecule has 0 saturated carbocycles. The number of non-ortho nitro benzene ring substituents is 1. The summed E-state index contributed by atoms with van der Waals surface area (Å²) in [4.78, 5) is 26.0. The van der Waals surface area contributed by atoms with Crippen LogP contribution < -0.4 is 5.73 Å². The fourth-order valence-electron chi connectivity index (χ4n) is 3.55. The molecular weight excluding hydrogens is 376 g/mol. The van der Waals surface area contributed by atoms with Gasteiger partial charge in [-0.2, -0.15) is 0 Å². The lowest BCUT2D eigenvalue weighted by molar-refractivity contribution is -0.384. The van der Waals surface area contributed by atoms with E-state index in [4.69, 9.17) is 10.7 Å². The zero-order valence-electron chi connectivity index (χ0n) is 15.2. The van der Waals surface area contributed by atoms with Gasteiger partial charge in [-0.25, -0.2) is 15.0 Å². The molecule has 8 nitrogen and oxygen atoms in total. The molecule has 0 bridgehead atoms. The van der Waals surface area contributed by atoms with Gasteiger partial charge in [-0.15, -0.1) is 11.3 Å². The highest BCUT2D eigenvalue weighted by molar-refractivity contribution is 7.13. The molecule has 9 heteroatoms. The first kappa shape index (κ1) is 18.5. The molecule has 3 aromatic rings. The predicted molar refractivity (Wildman–Crippen MR) is 108 cm³/mol. The largest absolute Gasteiger partial charge is 0.368 e. The molecule has 1 aliphatic rings. The fourth-order valence-corrected chi connectivity index (χ4v) is 4.36. The van der Waals surface area contributed by atoms with Crippen molar-refractivity contribution in [2.24, 2.45) is 0 Å². The molecule has 1 aromatic carbocycles. The highest BCUT2D eigenvalue weighted by Gasteiger charge is 2.23. The number of hydrogen-bond acceptors (Lipinski definition) is 8. The quantitative estimate of drug-likeness (QED) is 0.519. The summed E-state index contributed by atoms with van der Waals surface area (Å²) in [5, 5.41) is 13.8. The Labute approximate surface area is 166 Å². The van der Waals surface area contributed by atoms with Crippen LogP contribution in [-0.2, 0) is 6.54 Å². The van der Waals surface area contributed by atoms with Crippen LogP contribution in [-0.4, -0.2) is 37.9 Å². The summed E-state index contributed by atoms with van der Waals surface area (Å²) >= 11 is 1.51. The van der Waals surface area contributed by atoms with Gasteiger partial charge in [0, 0.05) is 48.3 Å². The van der Waals surface area contributed by atoms with Gasteiger partial charge in [0.25, 0.3) is 5.69 Å². The van der Waals surface area contributed by atoms with Crippen LogP contribution in [0.1, 0.15) is 30.1 Å². The Bertz CT molecular complexity index is 992. The third-order valence-corrected chi connectivity index (χ3v) is 5.80. The van der Waals surface area contributed by atoms with Gasteiger partial charge >= 0.3 is 0 Å². The van der Waals surface area contributed by atoms with Gasteiger partial charge in [-0.05, 0) is 25.5 Å². The maximum atomic E-state index is 11.0. The minimum absolute atomic E-state index is 0.0808. The van der Waals surface area contributed by atoms with E-state index >= 15 is 0 Å². The molecule has 144 valence electrons. The lowest BCUT2D eigenvalue weighted by Crippen LogP contribution is -2.34. The minimum atomic E-state index is -0.383. The van der Waals surface area contributed by atoms with E-state index in [1.165, 1.54) is 17.4 Å². The van der Waals surface area contributed by atoms with E-state index in [-0.39, 0.29) is 10.6 Å². The second-order valence-corrected chi connectivity index (χ2v) is 7.72.